The van der Waals surface area contributed by atoms with Gasteiger partial charge < -0.3 is 16.2 Å². The molecule has 0 aliphatic heterocycles. The van der Waals surface area contributed by atoms with Gasteiger partial charge in [0, 0.05) is 18.7 Å². The van der Waals surface area contributed by atoms with E-state index in [4.69, 9.17) is 5.73 Å². The summed E-state index contributed by atoms with van der Waals surface area (Å²) in [5, 5.41) is 13.1. The van der Waals surface area contributed by atoms with Crippen molar-refractivity contribution in [3.8, 4) is 0 Å². The quantitative estimate of drug-likeness (QED) is 0.748. The number of hydrogen-bond acceptors (Lipinski definition) is 4. The lowest BCUT2D eigenvalue weighted by atomic mass is 9.86. The number of anilines is 2. The molecule has 1 fully saturated rings. The molecule has 2 rings (SSSR count). The molecule has 17 heavy (non-hydrogen) atoms. The van der Waals surface area contributed by atoms with Crippen molar-refractivity contribution < 1.29 is 5.11 Å². The van der Waals surface area contributed by atoms with E-state index in [2.05, 4.69) is 10.3 Å². The number of nitrogens with zero attached hydrogens (tertiary/aromatic N) is 1. The van der Waals surface area contributed by atoms with Crippen LogP contribution in [0.3, 0.4) is 0 Å². The number of hydrogen-bond donors (Lipinski definition) is 3. The maximum Gasteiger partial charge on any atom is 0.149 e. The van der Waals surface area contributed by atoms with Gasteiger partial charge in [-0.05, 0) is 31.4 Å². The van der Waals surface area contributed by atoms with Crippen LogP contribution in [0.4, 0.5) is 11.5 Å². The summed E-state index contributed by atoms with van der Waals surface area (Å²) in [5.74, 6) is 1.06. The van der Waals surface area contributed by atoms with Crippen LogP contribution in [-0.2, 0) is 0 Å². The fourth-order valence-electron chi connectivity index (χ4n) is 2.39. The van der Waals surface area contributed by atoms with Crippen molar-refractivity contribution in [1.82, 2.24) is 4.98 Å². The second-order valence-corrected chi connectivity index (χ2v) is 4.94. The zero-order valence-corrected chi connectivity index (χ0v) is 10.3. The lowest BCUT2D eigenvalue weighted by molar-refractivity contribution is 0.0763. The smallest absolute Gasteiger partial charge is 0.149 e. The second kappa shape index (κ2) is 5.36. The number of aliphatic hydroxyl groups is 1. The van der Waals surface area contributed by atoms with Gasteiger partial charge in [-0.3, -0.25) is 0 Å². The molecule has 4 nitrogen and oxygen atoms in total. The lowest BCUT2D eigenvalue weighted by Crippen LogP contribution is -2.30. The molecule has 0 aromatic carbocycles. The van der Waals surface area contributed by atoms with E-state index in [1.54, 1.807) is 6.20 Å². The Morgan fingerprint density at radius 3 is 2.94 bits per heavy atom. The molecule has 0 radical (unpaired) electrons. The minimum absolute atomic E-state index is 0.178. The van der Waals surface area contributed by atoms with Crippen LogP contribution < -0.4 is 11.1 Å². The van der Waals surface area contributed by atoms with Crippen LogP contribution in [0, 0.1) is 12.8 Å². The number of aryl methyl sites for hydroxylation is 1. The normalized spacial score (nSPS) is 24.6. The van der Waals surface area contributed by atoms with Crippen LogP contribution >= 0.6 is 0 Å². The van der Waals surface area contributed by atoms with Crippen LogP contribution in [0.1, 0.15) is 31.2 Å². The summed E-state index contributed by atoms with van der Waals surface area (Å²) in [6.45, 7) is 2.72. The maximum absolute atomic E-state index is 9.87. The Hall–Kier alpha value is -1.29. The minimum Gasteiger partial charge on any atom is -0.396 e. The van der Waals surface area contributed by atoms with E-state index < -0.39 is 0 Å². The Morgan fingerprint density at radius 2 is 2.24 bits per heavy atom. The van der Waals surface area contributed by atoms with Crippen LogP contribution in [-0.4, -0.2) is 22.7 Å². The van der Waals surface area contributed by atoms with Gasteiger partial charge >= 0.3 is 0 Å². The molecule has 0 amide bonds. The third-order valence-corrected chi connectivity index (χ3v) is 3.45. The highest BCUT2D eigenvalue weighted by atomic mass is 16.3. The van der Waals surface area contributed by atoms with Crippen molar-refractivity contribution in [2.75, 3.05) is 17.6 Å². The van der Waals surface area contributed by atoms with E-state index >= 15 is 0 Å². The van der Waals surface area contributed by atoms with Gasteiger partial charge in [-0.15, -0.1) is 0 Å². The molecular formula is C13H21N3O. The zero-order valence-electron chi connectivity index (χ0n) is 10.3. The van der Waals surface area contributed by atoms with E-state index in [1.807, 2.05) is 13.0 Å². The first-order chi connectivity index (χ1) is 8.16. The number of nitrogens with one attached hydrogen (secondary N) is 1. The van der Waals surface area contributed by atoms with Gasteiger partial charge in [0.2, 0.25) is 0 Å². The summed E-state index contributed by atoms with van der Waals surface area (Å²) < 4.78 is 0. The first-order valence-corrected chi connectivity index (χ1v) is 6.31. The maximum atomic E-state index is 9.87. The standard InChI is InChI=1S/C13H21N3O/c1-9-6-11(14)13(15-7-9)16-8-10-4-2-3-5-12(10)17/h6-7,10,12,17H,2-5,8,14H2,1H3,(H,15,16). The van der Waals surface area contributed by atoms with E-state index in [0.717, 1.165) is 37.2 Å². The molecule has 1 aromatic heterocycles. The van der Waals surface area contributed by atoms with E-state index in [1.165, 1.54) is 6.42 Å². The molecule has 4 heteroatoms. The molecule has 2 unspecified atom stereocenters. The third-order valence-electron chi connectivity index (χ3n) is 3.45. The Balaban J connectivity index is 1.92. The molecular weight excluding hydrogens is 214 g/mol. The largest absolute Gasteiger partial charge is 0.396 e. The van der Waals surface area contributed by atoms with Gasteiger partial charge in [0.15, 0.2) is 0 Å². The van der Waals surface area contributed by atoms with Crippen LogP contribution in [0.25, 0.3) is 0 Å². The molecule has 94 valence electrons. The Labute approximate surface area is 102 Å². The summed E-state index contributed by atoms with van der Waals surface area (Å²) in [5.41, 5.74) is 7.62. The summed E-state index contributed by atoms with van der Waals surface area (Å²) in [6, 6.07) is 1.91. The number of aromatic nitrogens is 1. The molecule has 1 aliphatic carbocycles. The second-order valence-electron chi connectivity index (χ2n) is 4.94. The number of pyridine rings is 1. The van der Waals surface area contributed by atoms with Gasteiger partial charge in [0.05, 0.1) is 11.8 Å². The number of rotatable bonds is 3. The molecule has 1 saturated carbocycles. The Bertz CT molecular complexity index is 381. The Kier molecular flexibility index (Phi) is 3.84. The minimum atomic E-state index is -0.178. The SMILES string of the molecule is Cc1cnc(NCC2CCCCC2O)c(N)c1. The molecule has 0 bridgehead atoms. The predicted octanol–water partition coefficient (Wildman–Crippen LogP) is 1.94. The third kappa shape index (κ3) is 3.09. The molecule has 4 N–H and O–H groups in total. The van der Waals surface area contributed by atoms with Crippen LogP contribution in [0.5, 0.6) is 0 Å². The summed E-state index contributed by atoms with van der Waals surface area (Å²) >= 11 is 0. The molecule has 1 heterocycles. The van der Waals surface area contributed by atoms with Crippen LogP contribution in [0.15, 0.2) is 12.3 Å². The lowest BCUT2D eigenvalue weighted by Gasteiger charge is -2.27. The number of nitrogen functional groups attached to an aromatic ring is 1. The Morgan fingerprint density at radius 1 is 1.47 bits per heavy atom. The van der Waals surface area contributed by atoms with Gasteiger partial charge in [-0.2, -0.15) is 0 Å². The van der Waals surface area contributed by atoms with Crippen LogP contribution in [0.2, 0.25) is 0 Å². The molecule has 1 aliphatic rings. The number of nitrogens with two attached hydrogens (primary N) is 1. The van der Waals surface area contributed by atoms with Gasteiger partial charge in [-0.25, -0.2) is 4.98 Å². The topological polar surface area (TPSA) is 71.2 Å². The van der Waals surface area contributed by atoms with Crippen molar-refractivity contribution >= 4 is 11.5 Å². The first kappa shape index (κ1) is 12.2. The first-order valence-electron chi connectivity index (χ1n) is 6.31. The average Bonchev–Trinajstić information content (AvgIpc) is 2.30. The monoisotopic (exact) mass is 235 g/mol. The van der Waals surface area contributed by atoms with Gasteiger partial charge in [0.1, 0.15) is 5.82 Å². The van der Waals surface area contributed by atoms with Gasteiger partial charge in [0.25, 0.3) is 0 Å². The van der Waals surface area contributed by atoms with Crippen molar-refractivity contribution in [3.05, 3.63) is 17.8 Å². The highest BCUT2D eigenvalue weighted by Crippen LogP contribution is 2.25. The van der Waals surface area contributed by atoms with Crippen molar-refractivity contribution in [1.29, 1.82) is 0 Å². The molecule has 1 aromatic rings. The number of aliphatic hydroxyl groups excluding tert-OH is 1. The predicted molar refractivity (Wildman–Crippen MR) is 69.8 cm³/mol. The molecule has 2 atom stereocenters. The fraction of sp³-hybridized carbons (Fsp3) is 0.615. The molecule has 0 spiro atoms. The summed E-state index contributed by atoms with van der Waals surface area (Å²) in [4.78, 5) is 4.27. The summed E-state index contributed by atoms with van der Waals surface area (Å²) in [6.07, 6.45) is 5.98. The van der Waals surface area contributed by atoms with Crippen molar-refractivity contribution in [3.63, 3.8) is 0 Å². The highest BCUT2D eigenvalue weighted by Gasteiger charge is 2.22. The van der Waals surface area contributed by atoms with Crippen molar-refractivity contribution in [2.24, 2.45) is 5.92 Å². The molecule has 0 saturated heterocycles. The highest BCUT2D eigenvalue weighted by molar-refractivity contribution is 5.61. The van der Waals surface area contributed by atoms with E-state index in [9.17, 15) is 5.11 Å². The summed E-state index contributed by atoms with van der Waals surface area (Å²) in [7, 11) is 0. The van der Waals surface area contributed by atoms with Crippen molar-refractivity contribution in [2.45, 2.75) is 38.7 Å². The fourth-order valence-corrected chi connectivity index (χ4v) is 2.39. The average molecular weight is 235 g/mol. The van der Waals surface area contributed by atoms with E-state index in [0.29, 0.717) is 11.6 Å². The van der Waals surface area contributed by atoms with Gasteiger partial charge in [-0.1, -0.05) is 12.8 Å². The zero-order chi connectivity index (χ0) is 12.3. The van der Waals surface area contributed by atoms with E-state index in [-0.39, 0.29) is 6.10 Å².